The van der Waals surface area contributed by atoms with E-state index in [-0.39, 0.29) is 6.04 Å². The van der Waals surface area contributed by atoms with E-state index in [1.54, 1.807) is 11.3 Å². The third-order valence-electron chi connectivity index (χ3n) is 3.04. The van der Waals surface area contributed by atoms with Crippen LogP contribution in [0.4, 0.5) is 0 Å². The van der Waals surface area contributed by atoms with Gasteiger partial charge in [0, 0.05) is 5.38 Å². The monoisotopic (exact) mass is 261 g/mol. The van der Waals surface area contributed by atoms with E-state index in [2.05, 4.69) is 53.9 Å². The van der Waals surface area contributed by atoms with Gasteiger partial charge in [-0.3, -0.25) is 5.84 Å². The van der Waals surface area contributed by atoms with Gasteiger partial charge in [-0.1, -0.05) is 38.1 Å². The van der Waals surface area contributed by atoms with Crippen molar-refractivity contribution >= 4 is 11.3 Å². The Kier molecular flexibility index (Phi) is 4.11. The lowest BCUT2D eigenvalue weighted by molar-refractivity contribution is 0.622. The number of hydrogen-bond donors (Lipinski definition) is 2. The number of benzene rings is 1. The second-order valence-corrected chi connectivity index (χ2v) is 5.77. The first kappa shape index (κ1) is 13.2. The number of nitrogens with two attached hydrogens (primary N) is 1. The molecule has 0 spiro atoms. The third kappa shape index (κ3) is 2.77. The molecule has 0 saturated heterocycles. The summed E-state index contributed by atoms with van der Waals surface area (Å²) in [4.78, 5) is 4.49. The minimum atomic E-state index is -0.0313. The molecule has 4 heteroatoms. The van der Waals surface area contributed by atoms with Gasteiger partial charge in [-0.2, -0.15) is 0 Å². The average molecular weight is 261 g/mol. The number of hydrazine groups is 1. The zero-order chi connectivity index (χ0) is 13.1. The molecule has 0 fully saturated rings. The first-order valence-electron chi connectivity index (χ1n) is 6.10. The molecule has 1 unspecified atom stereocenters. The molecule has 18 heavy (non-hydrogen) atoms. The highest BCUT2D eigenvalue weighted by atomic mass is 32.1. The van der Waals surface area contributed by atoms with Crippen LogP contribution in [0.1, 0.15) is 47.6 Å². The molecule has 96 valence electrons. The maximum absolute atomic E-state index is 5.66. The van der Waals surface area contributed by atoms with Crippen molar-refractivity contribution < 1.29 is 0 Å². The van der Waals surface area contributed by atoms with E-state index in [0.717, 1.165) is 16.3 Å². The Labute approximate surface area is 112 Å². The van der Waals surface area contributed by atoms with E-state index in [1.165, 1.54) is 5.56 Å². The van der Waals surface area contributed by atoms with Gasteiger partial charge in [0.25, 0.3) is 0 Å². The molecule has 1 heterocycles. The second-order valence-electron chi connectivity index (χ2n) is 4.71. The lowest BCUT2D eigenvalue weighted by atomic mass is 9.98. The molecule has 3 nitrogen and oxygen atoms in total. The highest BCUT2D eigenvalue weighted by Crippen LogP contribution is 2.24. The van der Waals surface area contributed by atoms with Gasteiger partial charge in [-0.15, -0.1) is 11.3 Å². The zero-order valence-electron chi connectivity index (χ0n) is 11.0. The van der Waals surface area contributed by atoms with Crippen LogP contribution in [0, 0.1) is 6.92 Å². The van der Waals surface area contributed by atoms with E-state index in [0.29, 0.717) is 5.92 Å². The summed E-state index contributed by atoms with van der Waals surface area (Å²) in [5.74, 6) is 6.20. The lowest BCUT2D eigenvalue weighted by Crippen LogP contribution is -2.29. The summed E-state index contributed by atoms with van der Waals surface area (Å²) in [7, 11) is 0. The smallest absolute Gasteiger partial charge is 0.0898 e. The summed E-state index contributed by atoms with van der Waals surface area (Å²) in [5.41, 5.74) is 6.31. The maximum atomic E-state index is 5.66. The summed E-state index contributed by atoms with van der Waals surface area (Å²) >= 11 is 1.64. The molecule has 0 saturated carbocycles. The van der Waals surface area contributed by atoms with E-state index >= 15 is 0 Å². The average Bonchev–Trinajstić information content (AvgIpc) is 2.77. The molecular formula is C14H19N3S. The van der Waals surface area contributed by atoms with Crippen LogP contribution >= 0.6 is 11.3 Å². The molecule has 1 aromatic heterocycles. The minimum Gasteiger partial charge on any atom is -0.271 e. The largest absolute Gasteiger partial charge is 0.271 e. The molecular weight excluding hydrogens is 242 g/mol. The SMILES string of the molecule is Cc1nc(C(NN)c2ccc(C(C)C)cc2)cs1. The Bertz CT molecular complexity index is 502. The van der Waals surface area contributed by atoms with E-state index in [4.69, 9.17) is 5.84 Å². The Morgan fingerprint density at radius 3 is 2.22 bits per heavy atom. The molecule has 0 aliphatic rings. The Hall–Kier alpha value is -1.23. The summed E-state index contributed by atoms with van der Waals surface area (Å²) in [6, 6.07) is 8.52. The number of nitrogens with one attached hydrogen (secondary N) is 1. The summed E-state index contributed by atoms with van der Waals surface area (Å²) < 4.78 is 0. The van der Waals surface area contributed by atoms with Gasteiger partial charge in [0.2, 0.25) is 0 Å². The van der Waals surface area contributed by atoms with Crippen LogP contribution in [-0.2, 0) is 0 Å². The normalized spacial score (nSPS) is 12.9. The van der Waals surface area contributed by atoms with Crippen LogP contribution in [0.3, 0.4) is 0 Å². The Balaban J connectivity index is 2.28. The second kappa shape index (κ2) is 5.61. The molecule has 0 aliphatic heterocycles. The van der Waals surface area contributed by atoms with Gasteiger partial charge in [0.1, 0.15) is 0 Å². The van der Waals surface area contributed by atoms with Gasteiger partial charge < -0.3 is 0 Å². The summed E-state index contributed by atoms with van der Waals surface area (Å²) in [6.07, 6.45) is 0. The van der Waals surface area contributed by atoms with Gasteiger partial charge in [0.05, 0.1) is 16.7 Å². The van der Waals surface area contributed by atoms with Crippen LogP contribution in [0.25, 0.3) is 0 Å². The van der Waals surface area contributed by atoms with Crippen molar-refractivity contribution in [3.63, 3.8) is 0 Å². The standard InChI is InChI=1S/C14H19N3S/c1-9(2)11-4-6-12(7-5-11)14(17-15)13-8-18-10(3)16-13/h4-9,14,17H,15H2,1-3H3. The molecule has 1 atom stereocenters. The quantitative estimate of drug-likeness (QED) is 0.656. The predicted molar refractivity (Wildman–Crippen MR) is 76.5 cm³/mol. The first-order valence-corrected chi connectivity index (χ1v) is 6.97. The fraction of sp³-hybridized carbons (Fsp3) is 0.357. The number of thiazole rings is 1. The number of aromatic nitrogens is 1. The van der Waals surface area contributed by atoms with Crippen molar-refractivity contribution in [1.82, 2.24) is 10.4 Å². The zero-order valence-corrected chi connectivity index (χ0v) is 11.8. The van der Waals surface area contributed by atoms with Crippen molar-refractivity contribution in [3.8, 4) is 0 Å². The van der Waals surface area contributed by atoms with Gasteiger partial charge in [-0.25, -0.2) is 10.4 Å². The number of hydrogen-bond acceptors (Lipinski definition) is 4. The summed E-state index contributed by atoms with van der Waals surface area (Å²) in [5, 5.41) is 3.11. The number of aryl methyl sites for hydroxylation is 1. The predicted octanol–water partition coefficient (Wildman–Crippen LogP) is 3.13. The molecule has 0 amide bonds. The molecule has 2 aromatic rings. The molecule has 0 radical (unpaired) electrons. The van der Waals surface area contributed by atoms with Crippen molar-refractivity contribution in [2.45, 2.75) is 32.7 Å². The lowest BCUT2D eigenvalue weighted by Gasteiger charge is -2.15. The van der Waals surface area contributed by atoms with Crippen LogP contribution < -0.4 is 11.3 Å². The fourth-order valence-electron chi connectivity index (χ4n) is 1.94. The Morgan fingerprint density at radius 2 is 1.78 bits per heavy atom. The number of nitrogens with zero attached hydrogens (tertiary/aromatic N) is 1. The molecule has 3 N–H and O–H groups in total. The van der Waals surface area contributed by atoms with Gasteiger partial charge in [-0.05, 0) is 24.0 Å². The van der Waals surface area contributed by atoms with Crippen LogP contribution in [0.5, 0.6) is 0 Å². The highest BCUT2D eigenvalue weighted by Gasteiger charge is 2.15. The fourth-order valence-corrected chi connectivity index (χ4v) is 2.58. The van der Waals surface area contributed by atoms with Crippen LogP contribution in [0.15, 0.2) is 29.6 Å². The maximum Gasteiger partial charge on any atom is 0.0898 e. The van der Waals surface area contributed by atoms with E-state index < -0.39 is 0 Å². The van der Waals surface area contributed by atoms with E-state index in [1.807, 2.05) is 6.92 Å². The van der Waals surface area contributed by atoms with Gasteiger partial charge in [0.15, 0.2) is 0 Å². The summed E-state index contributed by atoms with van der Waals surface area (Å²) in [6.45, 7) is 6.39. The van der Waals surface area contributed by atoms with E-state index in [9.17, 15) is 0 Å². The third-order valence-corrected chi connectivity index (χ3v) is 3.83. The molecule has 0 bridgehead atoms. The van der Waals surface area contributed by atoms with Crippen molar-refractivity contribution in [3.05, 3.63) is 51.5 Å². The highest BCUT2D eigenvalue weighted by molar-refractivity contribution is 7.09. The van der Waals surface area contributed by atoms with Crippen LogP contribution in [0.2, 0.25) is 0 Å². The van der Waals surface area contributed by atoms with Crippen LogP contribution in [-0.4, -0.2) is 4.98 Å². The number of rotatable bonds is 4. The Morgan fingerprint density at radius 1 is 1.17 bits per heavy atom. The van der Waals surface area contributed by atoms with Crippen molar-refractivity contribution in [2.24, 2.45) is 5.84 Å². The minimum absolute atomic E-state index is 0.0313. The molecule has 2 rings (SSSR count). The van der Waals surface area contributed by atoms with Gasteiger partial charge >= 0.3 is 0 Å². The molecule has 0 aliphatic carbocycles. The van der Waals surface area contributed by atoms with Crippen molar-refractivity contribution in [2.75, 3.05) is 0 Å². The first-order chi connectivity index (χ1) is 8.61. The molecule has 1 aromatic carbocycles. The van der Waals surface area contributed by atoms with Crippen molar-refractivity contribution in [1.29, 1.82) is 0 Å². The topological polar surface area (TPSA) is 50.9 Å².